The molecule has 0 saturated heterocycles. The van der Waals surface area contributed by atoms with Gasteiger partial charge < -0.3 is 10.4 Å². The molecule has 4 heteroatoms. The van der Waals surface area contributed by atoms with E-state index in [4.69, 9.17) is 5.11 Å². The average Bonchev–Trinajstić information content (AvgIpc) is 2.26. The highest BCUT2D eigenvalue weighted by Crippen LogP contribution is 2.09. The molecule has 0 spiro atoms. The molecule has 0 aromatic carbocycles. The number of amides is 1. The fourth-order valence-corrected chi connectivity index (χ4v) is 1.11. The Morgan fingerprint density at radius 3 is 3.00 bits per heavy atom. The maximum Gasteiger partial charge on any atom is 0.220 e. The molecule has 1 aromatic rings. The molecule has 0 aliphatic rings. The number of hydrogen-bond acceptors (Lipinski definition) is 3. The van der Waals surface area contributed by atoms with Crippen LogP contribution in [0.5, 0.6) is 0 Å². The third kappa shape index (κ3) is 2.81. The molecule has 1 aromatic heterocycles. The van der Waals surface area contributed by atoms with E-state index in [0.717, 1.165) is 5.56 Å². The monoisotopic (exact) mass is 194 g/mol. The normalized spacial score (nSPS) is 12.1. The molecule has 2 N–H and O–H groups in total. The lowest BCUT2D eigenvalue weighted by Crippen LogP contribution is -2.30. The van der Waals surface area contributed by atoms with Crippen LogP contribution in [-0.4, -0.2) is 22.6 Å². The second-order valence-electron chi connectivity index (χ2n) is 2.94. The Morgan fingerprint density at radius 2 is 2.50 bits per heavy atom. The Morgan fingerprint density at radius 1 is 1.71 bits per heavy atom. The zero-order chi connectivity index (χ0) is 10.4. The van der Waals surface area contributed by atoms with Crippen molar-refractivity contribution in [2.24, 2.45) is 0 Å². The number of rotatable bonds is 4. The second kappa shape index (κ2) is 5.34. The van der Waals surface area contributed by atoms with E-state index in [1.54, 1.807) is 25.4 Å². The molecule has 1 unspecified atom stereocenters. The van der Waals surface area contributed by atoms with E-state index in [9.17, 15) is 4.79 Å². The highest BCUT2D eigenvalue weighted by molar-refractivity contribution is 5.76. The van der Waals surface area contributed by atoms with Crippen molar-refractivity contribution in [3.8, 4) is 0 Å². The molecule has 1 atom stereocenters. The molecular weight excluding hydrogens is 180 g/mol. The maximum atomic E-state index is 11.1. The predicted molar refractivity (Wildman–Crippen MR) is 52.5 cm³/mol. The minimum absolute atomic E-state index is 0.0760. The molecule has 1 rings (SSSR count). The van der Waals surface area contributed by atoms with Crippen LogP contribution in [0.4, 0.5) is 0 Å². The van der Waals surface area contributed by atoms with Gasteiger partial charge in [-0.25, -0.2) is 0 Å². The summed E-state index contributed by atoms with van der Waals surface area (Å²) in [6.45, 7) is 1.66. The van der Waals surface area contributed by atoms with Gasteiger partial charge in [-0.1, -0.05) is 13.0 Å². The number of carbonyl (C=O) groups is 1. The molecule has 0 saturated carbocycles. The van der Waals surface area contributed by atoms with Crippen molar-refractivity contribution in [3.63, 3.8) is 0 Å². The van der Waals surface area contributed by atoms with Gasteiger partial charge in [-0.15, -0.1) is 0 Å². The molecule has 0 aliphatic heterocycles. The van der Waals surface area contributed by atoms with Gasteiger partial charge >= 0.3 is 0 Å². The van der Waals surface area contributed by atoms with Gasteiger partial charge in [0.15, 0.2) is 0 Å². The van der Waals surface area contributed by atoms with Gasteiger partial charge in [0.25, 0.3) is 0 Å². The summed E-state index contributed by atoms with van der Waals surface area (Å²) in [7, 11) is 0. The first kappa shape index (κ1) is 10.7. The molecule has 0 aliphatic carbocycles. The van der Waals surface area contributed by atoms with E-state index in [-0.39, 0.29) is 18.6 Å². The molecule has 76 valence electrons. The van der Waals surface area contributed by atoms with Gasteiger partial charge in [0.1, 0.15) is 0 Å². The third-order valence-corrected chi connectivity index (χ3v) is 1.93. The van der Waals surface area contributed by atoms with E-state index in [2.05, 4.69) is 10.3 Å². The van der Waals surface area contributed by atoms with Crippen LogP contribution in [0, 0.1) is 0 Å². The number of carbonyl (C=O) groups excluding carboxylic acids is 1. The lowest BCUT2D eigenvalue weighted by molar-refractivity contribution is -0.121. The summed E-state index contributed by atoms with van der Waals surface area (Å²) >= 11 is 0. The molecule has 0 radical (unpaired) electrons. The van der Waals surface area contributed by atoms with Crippen molar-refractivity contribution in [2.45, 2.75) is 19.4 Å². The Balaban J connectivity index is 2.68. The van der Waals surface area contributed by atoms with Gasteiger partial charge in [0.2, 0.25) is 5.91 Å². The van der Waals surface area contributed by atoms with Crippen LogP contribution in [0.25, 0.3) is 0 Å². The van der Waals surface area contributed by atoms with Crippen molar-refractivity contribution in [1.29, 1.82) is 0 Å². The summed E-state index contributed by atoms with van der Waals surface area (Å²) < 4.78 is 0. The molecule has 1 heterocycles. The summed E-state index contributed by atoms with van der Waals surface area (Å²) in [5, 5.41) is 11.8. The molecule has 0 bridgehead atoms. The first-order valence-electron chi connectivity index (χ1n) is 4.58. The standard InChI is InChI=1S/C10H14N2O2/c1-2-10(14)12-9(7-13)8-4-3-5-11-6-8/h3-6,9,13H,2,7H2,1H3,(H,12,14). The molecule has 1 amide bonds. The minimum Gasteiger partial charge on any atom is -0.394 e. The quantitative estimate of drug-likeness (QED) is 0.739. The minimum atomic E-state index is -0.351. The zero-order valence-electron chi connectivity index (χ0n) is 8.10. The van der Waals surface area contributed by atoms with E-state index in [0.29, 0.717) is 6.42 Å². The highest BCUT2D eigenvalue weighted by atomic mass is 16.3. The fraction of sp³-hybridized carbons (Fsp3) is 0.400. The number of hydrogen-bond donors (Lipinski definition) is 2. The van der Waals surface area contributed by atoms with Gasteiger partial charge in [0, 0.05) is 18.8 Å². The van der Waals surface area contributed by atoms with E-state index >= 15 is 0 Å². The van der Waals surface area contributed by atoms with Crippen LogP contribution in [0.3, 0.4) is 0 Å². The lowest BCUT2D eigenvalue weighted by Gasteiger charge is -2.15. The van der Waals surface area contributed by atoms with Crippen LogP contribution in [0.2, 0.25) is 0 Å². The SMILES string of the molecule is CCC(=O)NC(CO)c1cccnc1. The van der Waals surface area contributed by atoms with Gasteiger partial charge in [0.05, 0.1) is 12.6 Å². The van der Waals surface area contributed by atoms with Crippen molar-refractivity contribution in [2.75, 3.05) is 6.61 Å². The lowest BCUT2D eigenvalue weighted by atomic mass is 10.1. The summed E-state index contributed by atoms with van der Waals surface area (Å²) in [5.74, 6) is -0.0760. The van der Waals surface area contributed by atoms with Gasteiger partial charge in [-0.2, -0.15) is 0 Å². The highest BCUT2D eigenvalue weighted by Gasteiger charge is 2.11. The van der Waals surface area contributed by atoms with Crippen LogP contribution < -0.4 is 5.32 Å². The zero-order valence-corrected chi connectivity index (χ0v) is 8.10. The van der Waals surface area contributed by atoms with Crippen LogP contribution >= 0.6 is 0 Å². The van der Waals surface area contributed by atoms with Gasteiger partial charge in [-0.05, 0) is 11.6 Å². The molecule has 14 heavy (non-hydrogen) atoms. The Bertz CT molecular complexity index is 287. The fourth-order valence-electron chi connectivity index (χ4n) is 1.11. The maximum absolute atomic E-state index is 11.1. The Kier molecular flexibility index (Phi) is 4.07. The number of aliphatic hydroxyl groups excluding tert-OH is 1. The summed E-state index contributed by atoms with van der Waals surface area (Å²) in [4.78, 5) is 15.0. The van der Waals surface area contributed by atoms with Crippen molar-refractivity contribution in [1.82, 2.24) is 10.3 Å². The van der Waals surface area contributed by atoms with Crippen molar-refractivity contribution >= 4 is 5.91 Å². The van der Waals surface area contributed by atoms with E-state index in [1.165, 1.54) is 0 Å². The van der Waals surface area contributed by atoms with E-state index < -0.39 is 0 Å². The largest absolute Gasteiger partial charge is 0.394 e. The average molecular weight is 194 g/mol. The number of aromatic nitrogens is 1. The molecular formula is C10H14N2O2. The smallest absolute Gasteiger partial charge is 0.220 e. The molecule has 4 nitrogen and oxygen atoms in total. The Labute approximate surface area is 83.0 Å². The van der Waals surface area contributed by atoms with Crippen LogP contribution in [0.1, 0.15) is 24.9 Å². The Hall–Kier alpha value is -1.42. The van der Waals surface area contributed by atoms with Crippen LogP contribution in [-0.2, 0) is 4.79 Å². The van der Waals surface area contributed by atoms with Crippen molar-refractivity contribution in [3.05, 3.63) is 30.1 Å². The van der Waals surface area contributed by atoms with Gasteiger partial charge in [-0.3, -0.25) is 9.78 Å². The third-order valence-electron chi connectivity index (χ3n) is 1.93. The van der Waals surface area contributed by atoms with Crippen molar-refractivity contribution < 1.29 is 9.90 Å². The van der Waals surface area contributed by atoms with Crippen LogP contribution in [0.15, 0.2) is 24.5 Å². The first-order valence-corrected chi connectivity index (χ1v) is 4.58. The number of pyridine rings is 1. The first-order chi connectivity index (χ1) is 6.77. The second-order valence-corrected chi connectivity index (χ2v) is 2.94. The summed E-state index contributed by atoms with van der Waals surface area (Å²) in [5.41, 5.74) is 0.816. The summed E-state index contributed by atoms with van der Waals surface area (Å²) in [6, 6.07) is 3.25. The topological polar surface area (TPSA) is 62.2 Å². The predicted octanol–water partition coefficient (Wildman–Crippen LogP) is 0.641. The summed E-state index contributed by atoms with van der Waals surface area (Å²) in [6.07, 6.45) is 3.70. The number of nitrogens with one attached hydrogen (secondary N) is 1. The number of nitrogens with zero attached hydrogens (tertiary/aromatic N) is 1. The molecule has 0 fully saturated rings. The van der Waals surface area contributed by atoms with E-state index in [1.807, 2.05) is 6.07 Å². The number of aliphatic hydroxyl groups is 1.